The molecule has 0 saturated carbocycles. The smallest absolute Gasteiger partial charge is 0.404 e. The minimum Gasteiger partial charge on any atom is -0.508 e. The number of piperidine rings is 1. The Labute approximate surface area is 149 Å². The van der Waals surface area contributed by atoms with E-state index in [9.17, 15) is 9.90 Å². The number of carbonyl (C=O) groups is 1. The molecule has 0 unspecified atom stereocenters. The van der Waals surface area contributed by atoms with Crippen molar-refractivity contribution in [2.75, 3.05) is 26.7 Å². The summed E-state index contributed by atoms with van der Waals surface area (Å²) in [4.78, 5) is 12.9. The molecule has 1 aromatic carbocycles. The summed E-state index contributed by atoms with van der Waals surface area (Å²) in [6, 6.07) is 6.60. The van der Waals surface area contributed by atoms with Crippen LogP contribution in [0.25, 0.3) is 0 Å². The SMILES string of the molecule is CN1CC[C@@]2(C)c3cc(O)ccc3C[C@@H]1[C@H]2NCCCCNC(=O)O. The fourth-order valence-corrected chi connectivity index (χ4v) is 4.55. The van der Waals surface area contributed by atoms with E-state index in [0.717, 1.165) is 38.8 Å². The van der Waals surface area contributed by atoms with Gasteiger partial charge in [-0.15, -0.1) is 0 Å². The Morgan fingerprint density at radius 1 is 1.36 bits per heavy atom. The number of phenols is 1. The number of hydrogen-bond donors (Lipinski definition) is 4. The highest BCUT2D eigenvalue weighted by Crippen LogP contribution is 2.45. The maximum atomic E-state index is 10.5. The fraction of sp³-hybridized carbons (Fsp3) is 0.632. The van der Waals surface area contributed by atoms with Crippen LogP contribution >= 0.6 is 0 Å². The molecule has 3 rings (SSSR count). The summed E-state index contributed by atoms with van der Waals surface area (Å²) in [7, 11) is 2.20. The van der Waals surface area contributed by atoms with E-state index in [2.05, 4.69) is 35.6 Å². The van der Waals surface area contributed by atoms with Crippen LogP contribution in [0, 0.1) is 0 Å². The number of likely N-dealkylation sites (tertiary alicyclic amines) is 1. The zero-order valence-corrected chi connectivity index (χ0v) is 15.1. The number of phenolic OH excluding ortho intramolecular Hbond substituents is 1. The van der Waals surface area contributed by atoms with Crippen molar-refractivity contribution in [1.29, 1.82) is 0 Å². The second-order valence-electron chi connectivity index (χ2n) is 7.63. The molecule has 25 heavy (non-hydrogen) atoms. The van der Waals surface area contributed by atoms with Crippen LogP contribution < -0.4 is 10.6 Å². The zero-order valence-electron chi connectivity index (χ0n) is 15.1. The van der Waals surface area contributed by atoms with E-state index in [1.807, 2.05) is 6.07 Å². The maximum absolute atomic E-state index is 10.5. The van der Waals surface area contributed by atoms with Gasteiger partial charge in [-0.1, -0.05) is 13.0 Å². The van der Waals surface area contributed by atoms with Crippen LogP contribution in [0.4, 0.5) is 4.79 Å². The molecule has 6 nitrogen and oxygen atoms in total. The molecule has 138 valence electrons. The Bertz CT molecular complexity index is 636. The van der Waals surface area contributed by atoms with Crippen LogP contribution in [0.15, 0.2) is 18.2 Å². The van der Waals surface area contributed by atoms with E-state index in [0.29, 0.717) is 24.4 Å². The highest BCUT2D eigenvalue weighted by atomic mass is 16.4. The third kappa shape index (κ3) is 3.60. The second kappa shape index (κ2) is 7.22. The van der Waals surface area contributed by atoms with Gasteiger partial charge in [0.05, 0.1) is 0 Å². The van der Waals surface area contributed by atoms with Crippen molar-refractivity contribution in [2.24, 2.45) is 0 Å². The molecule has 1 fully saturated rings. The Balaban J connectivity index is 1.69. The molecule has 1 amide bonds. The molecule has 0 aromatic heterocycles. The van der Waals surface area contributed by atoms with E-state index in [-0.39, 0.29) is 5.41 Å². The molecule has 1 saturated heterocycles. The average molecular weight is 347 g/mol. The predicted molar refractivity (Wildman–Crippen MR) is 97.3 cm³/mol. The number of amides is 1. The Morgan fingerprint density at radius 2 is 2.12 bits per heavy atom. The summed E-state index contributed by atoms with van der Waals surface area (Å²) in [5, 5.41) is 24.7. The van der Waals surface area contributed by atoms with E-state index >= 15 is 0 Å². The van der Waals surface area contributed by atoms with Gasteiger partial charge in [-0.3, -0.25) is 0 Å². The lowest BCUT2D eigenvalue weighted by Gasteiger charge is -2.55. The lowest BCUT2D eigenvalue weighted by molar-refractivity contribution is 0.0658. The first-order valence-electron chi connectivity index (χ1n) is 9.14. The summed E-state index contributed by atoms with van der Waals surface area (Å²) in [6.45, 7) is 4.75. The van der Waals surface area contributed by atoms with Gasteiger partial charge in [0.1, 0.15) is 5.75 Å². The summed E-state index contributed by atoms with van der Waals surface area (Å²) >= 11 is 0. The minimum absolute atomic E-state index is 0.0167. The van der Waals surface area contributed by atoms with Crippen molar-refractivity contribution in [3.05, 3.63) is 29.3 Å². The topological polar surface area (TPSA) is 84.8 Å². The molecule has 0 radical (unpaired) electrons. The maximum Gasteiger partial charge on any atom is 0.404 e. The molecule has 3 atom stereocenters. The van der Waals surface area contributed by atoms with Crippen molar-refractivity contribution < 1.29 is 15.0 Å². The Hall–Kier alpha value is -1.79. The molecule has 4 N–H and O–H groups in total. The number of aromatic hydroxyl groups is 1. The number of benzene rings is 1. The number of carboxylic acid groups (broad SMARTS) is 1. The average Bonchev–Trinajstić information content (AvgIpc) is 2.56. The highest BCUT2D eigenvalue weighted by molar-refractivity contribution is 5.64. The third-order valence-electron chi connectivity index (χ3n) is 6.00. The van der Waals surface area contributed by atoms with Crippen LogP contribution in [0.5, 0.6) is 5.75 Å². The molecule has 1 aromatic rings. The molecule has 1 aliphatic carbocycles. The molecule has 1 heterocycles. The normalized spacial score (nSPS) is 28.4. The van der Waals surface area contributed by atoms with Gasteiger partial charge in [-0.25, -0.2) is 4.79 Å². The van der Waals surface area contributed by atoms with Gasteiger partial charge in [-0.05, 0) is 69.1 Å². The van der Waals surface area contributed by atoms with Gasteiger partial charge < -0.3 is 25.7 Å². The number of likely N-dealkylation sites (N-methyl/N-ethyl adjacent to an activating group) is 1. The number of unbranched alkanes of at least 4 members (excludes halogenated alkanes) is 1. The molecular weight excluding hydrogens is 318 g/mol. The standard InChI is InChI=1S/C19H29N3O3/c1-19-7-10-22(2)16(11-13-5-6-14(23)12-15(13)19)17(19)20-8-3-4-9-21-18(24)25/h5-6,12,16-17,20-21,23H,3-4,7-11H2,1-2H3,(H,24,25)/t16-,17-,19+/m1/s1. The van der Waals surface area contributed by atoms with Crippen LogP contribution in [0.3, 0.4) is 0 Å². The number of hydrogen-bond acceptors (Lipinski definition) is 4. The lowest BCUT2D eigenvalue weighted by Crippen LogP contribution is -2.66. The van der Waals surface area contributed by atoms with Crippen LogP contribution in [-0.2, 0) is 11.8 Å². The first kappa shape index (κ1) is 18.0. The van der Waals surface area contributed by atoms with Gasteiger partial charge in [0.15, 0.2) is 0 Å². The molecule has 1 aliphatic heterocycles. The van der Waals surface area contributed by atoms with Crippen molar-refractivity contribution in [3.8, 4) is 5.75 Å². The fourth-order valence-electron chi connectivity index (χ4n) is 4.55. The van der Waals surface area contributed by atoms with Gasteiger partial charge in [0.25, 0.3) is 0 Å². The summed E-state index contributed by atoms with van der Waals surface area (Å²) in [6.07, 6.45) is 2.88. The van der Waals surface area contributed by atoms with Crippen molar-refractivity contribution >= 4 is 6.09 Å². The van der Waals surface area contributed by atoms with Gasteiger partial charge in [-0.2, -0.15) is 0 Å². The number of rotatable bonds is 6. The molecule has 2 bridgehead atoms. The van der Waals surface area contributed by atoms with Crippen LogP contribution in [0.1, 0.15) is 37.3 Å². The summed E-state index contributed by atoms with van der Waals surface area (Å²) in [5.74, 6) is 0.343. The molecule has 0 spiro atoms. The zero-order chi connectivity index (χ0) is 18.0. The quantitative estimate of drug-likeness (QED) is 0.591. The van der Waals surface area contributed by atoms with Crippen LogP contribution in [0.2, 0.25) is 0 Å². The van der Waals surface area contributed by atoms with Gasteiger partial charge >= 0.3 is 6.09 Å². The molecule has 6 heteroatoms. The first-order valence-corrected chi connectivity index (χ1v) is 9.14. The Morgan fingerprint density at radius 3 is 2.88 bits per heavy atom. The first-order chi connectivity index (χ1) is 11.9. The van der Waals surface area contributed by atoms with E-state index in [4.69, 9.17) is 5.11 Å². The van der Waals surface area contributed by atoms with Crippen molar-refractivity contribution in [2.45, 2.75) is 50.1 Å². The Kier molecular flexibility index (Phi) is 5.20. The number of fused-ring (bicyclic) bond motifs is 4. The monoisotopic (exact) mass is 347 g/mol. The number of nitrogens with one attached hydrogen (secondary N) is 2. The van der Waals surface area contributed by atoms with E-state index < -0.39 is 6.09 Å². The van der Waals surface area contributed by atoms with Crippen molar-refractivity contribution in [3.63, 3.8) is 0 Å². The van der Waals surface area contributed by atoms with E-state index in [1.165, 1.54) is 11.1 Å². The van der Waals surface area contributed by atoms with Crippen molar-refractivity contribution in [1.82, 2.24) is 15.5 Å². The lowest BCUT2D eigenvalue weighted by atomic mass is 9.61. The predicted octanol–water partition coefficient (Wildman–Crippen LogP) is 1.92. The summed E-state index contributed by atoms with van der Waals surface area (Å²) in [5.41, 5.74) is 2.64. The highest BCUT2D eigenvalue weighted by Gasteiger charge is 2.49. The molecule has 2 aliphatic rings. The largest absolute Gasteiger partial charge is 0.508 e. The summed E-state index contributed by atoms with van der Waals surface area (Å²) < 4.78 is 0. The van der Waals surface area contributed by atoms with Crippen LogP contribution in [-0.4, -0.2) is 60.0 Å². The van der Waals surface area contributed by atoms with Gasteiger partial charge in [0.2, 0.25) is 0 Å². The van der Waals surface area contributed by atoms with E-state index in [1.54, 1.807) is 6.07 Å². The minimum atomic E-state index is -0.958. The third-order valence-corrected chi connectivity index (χ3v) is 6.00. The second-order valence-corrected chi connectivity index (χ2v) is 7.63. The number of nitrogens with zero attached hydrogens (tertiary/aromatic N) is 1. The molecular formula is C19H29N3O3. The van der Waals surface area contributed by atoms with Gasteiger partial charge in [0, 0.05) is 24.0 Å².